The first-order valence-corrected chi connectivity index (χ1v) is 5.44. The number of nitrogens with zero attached hydrogens (tertiary/aromatic N) is 1. The summed E-state index contributed by atoms with van der Waals surface area (Å²) in [4.78, 5) is 0. The Bertz CT molecular complexity index is 384. The molecule has 1 heterocycles. The molecule has 0 spiro atoms. The molecule has 0 unspecified atom stereocenters. The molecule has 0 aliphatic rings. The van der Waals surface area contributed by atoms with Crippen molar-refractivity contribution in [3.05, 3.63) is 60.4 Å². The average Bonchev–Trinajstić information content (AvgIpc) is 2.83. The van der Waals surface area contributed by atoms with Crippen LogP contribution in [0.2, 0.25) is 0 Å². The van der Waals surface area contributed by atoms with Gasteiger partial charge in [-0.1, -0.05) is 30.3 Å². The molecule has 2 rings (SSSR count). The largest absolute Gasteiger partial charge is 0.375 e. The third-order valence-corrected chi connectivity index (χ3v) is 2.26. The molecule has 0 saturated heterocycles. The zero-order chi connectivity index (χ0) is 11.1. The molecule has 1 aromatic heterocycles. The number of hydrogen-bond donors (Lipinski definition) is 1. The second kappa shape index (κ2) is 5.98. The van der Waals surface area contributed by atoms with Crippen LogP contribution in [0.5, 0.6) is 0 Å². The second-order valence-corrected chi connectivity index (χ2v) is 3.54. The highest BCUT2D eigenvalue weighted by Crippen LogP contribution is 1.99. The Hall–Kier alpha value is -1.74. The number of hydrogen-bond acceptors (Lipinski definition) is 2. The van der Waals surface area contributed by atoms with Gasteiger partial charge in [0.2, 0.25) is 0 Å². The smallest absolute Gasteiger partial charge is 0.0717 e. The van der Waals surface area contributed by atoms with Gasteiger partial charge in [-0.3, -0.25) is 4.68 Å². The van der Waals surface area contributed by atoms with E-state index in [0.29, 0.717) is 13.2 Å². The third-order valence-electron chi connectivity index (χ3n) is 2.26. The van der Waals surface area contributed by atoms with Gasteiger partial charge in [-0.2, -0.15) is 0 Å². The zero-order valence-corrected chi connectivity index (χ0v) is 9.17. The van der Waals surface area contributed by atoms with Crippen LogP contribution in [-0.2, 0) is 11.3 Å². The lowest BCUT2D eigenvalue weighted by molar-refractivity contribution is 0.129. The summed E-state index contributed by atoms with van der Waals surface area (Å²) in [6.45, 7) is 2.18. The summed E-state index contributed by atoms with van der Waals surface area (Å²) < 4.78 is 7.46. The Morgan fingerprint density at radius 1 is 1.00 bits per heavy atom. The van der Waals surface area contributed by atoms with Gasteiger partial charge in [-0.15, -0.1) is 0 Å². The van der Waals surface area contributed by atoms with E-state index in [4.69, 9.17) is 4.74 Å². The molecule has 0 atom stereocenters. The van der Waals surface area contributed by atoms with Gasteiger partial charge < -0.3 is 10.2 Å². The highest BCUT2D eigenvalue weighted by molar-refractivity contribution is 5.13. The van der Waals surface area contributed by atoms with Gasteiger partial charge in [-0.05, 0) is 17.7 Å². The lowest BCUT2D eigenvalue weighted by atomic mass is 10.2. The molecule has 0 saturated carbocycles. The third kappa shape index (κ3) is 3.44. The first kappa shape index (κ1) is 10.8. The van der Waals surface area contributed by atoms with Gasteiger partial charge in [0, 0.05) is 12.4 Å². The average molecular weight is 216 g/mol. The monoisotopic (exact) mass is 216 g/mol. The quantitative estimate of drug-likeness (QED) is 0.749. The normalized spacial score (nSPS) is 10.2. The predicted molar refractivity (Wildman–Crippen MR) is 64.8 cm³/mol. The zero-order valence-electron chi connectivity index (χ0n) is 9.17. The van der Waals surface area contributed by atoms with Gasteiger partial charge in [0.15, 0.2) is 0 Å². The van der Waals surface area contributed by atoms with Gasteiger partial charge >= 0.3 is 0 Å². The van der Waals surface area contributed by atoms with Crippen molar-refractivity contribution in [2.75, 3.05) is 18.6 Å². The fraction of sp³-hybridized carbons (Fsp3) is 0.231. The maximum absolute atomic E-state index is 5.54. The SMILES string of the molecule is c1ccc(COCCNn2cccc2)cc1. The summed E-state index contributed by atoms with van der Waals surface area (Å²) in [5.41, 5.74) is 4.41. The van der Waals surface area contributed by atoms with Crippen molar-refractivity contribution >= 4 is 0 Å². The van der Waals surface area contributed by atoms with Crippen molar-refractivity contribution < 1.29 is 4.74 Å². The van der Waals surface area contributed by atoms with Gasteiger partial charge in [0.1, 0.15) is 0 Å². The van der Waals surface area contributed by atoms with E-state index in [1.54, 1.807) is 0 Å². The standard InChI is InChI=1S/C13H16N2O/c1-2-6-13(7-3-1)12-16-11-8-14-15-9-4-5-10-15/h1-7,9-10,14H,8,11-12H2. The van der Waals surface area contributed by atoms with Gasteiger partial charge in [0.25, 0.3) is 0 Å². The first-order valence-electron chi connectivity index (χ1n) is 5.44. The summed E-state index contributed by atoms with van der Waals surface area (Å²) >= 11 is 0. The van der Waals surface area contributed by atoms with E-state index in [-0.39, 0.29) is 0 Å². The highest BCUT2D eigenvalue weighted by Gasteiger charge is 1.91. The van der Waals surface area contributed by atoms with Gasteiger partial charge in [0.05, 0.1) is 19.8 Å². The molecule has 0 aliphatic heterocycles. The molecule has 3 heteroatoms. The molecule has 16 heavy (non-hydrogen) atoms. The number of nitrogens with one attached hydrogen (secondary N) is 1. The lowest BCUT2D eigenvalue weighted by Crippen LogP contribution is -2.17. The Labute approximate surface area is 95.6 Å². The number of aromatic nitrogens is 1. The van der Waals surface area contributed by atoms with Crippen LogP contribution in [0.25, 0.3) is 0 Å². The molecular formula is C13H16N2O. The predicted octanol–water partition coefficient (Wildman–Crippen LogP) is 2.25. The topological polar surface area (TPSA) is 26.2 Å². The van der Waals surface area contributed by atoms with Crippen molar-refractivity contribution in [3.8, 4) is 0 Å². The van der Waals surface area contributed by atoms with Crippen LogP contribution in [0.15, 0.2) is 54.9 Å². The molecular weight excluding hydrogens is 200 g/mol. The van der Waals surface area contributed by atoms with Crippen LogP contribution in [0, 0.1) is 0 Å². The van der Waals surface area contributed by atoms with E-state index in [1.165, 1.54) is 5.56 Å². The molecule has 1 aromatic carbocycles. The molecule has 0 fully saturated rings. The van der Waals surface area contributed by atoms with Crippen molar-refractivity contribution in [2.24, 2.45) is 0 Å². The Morgan fingerprint density at radius 2 is 1.75 bits per heavy atom. The molecule has 84 valence electrons. The minimum Gasteiger partial charge on any atom is -0.375 e. The van der Waals surface area contributed by atoms with Crippen molar-refractivity contribution in [1.29, 1.82) is 0 Å². The van der Waals surface area contributed by atoms with Crippen LogP contribution < -0.4 is 5.43 Å². The van der Waals surface area contributed by atoms with E-state index in [1.807, 2.05) is 47.4 Å². The summed E-state index contributed by atoms with van der Waals surface area (Å²) in [5.74, 6) is 0. The maximum atomic E-state index is 5.54. The van der Waals surface area contributed by atoms with Crippen LogP contribution in [-0.4, -0.2) is 17.8 Å². The molecule has 3 nitrogen and oxygen atoms in total. The van der Waals surface area contributed by atoms with Crippen LogP contribution in [0.3, 0.4) is 0 Å². The van der Waals surface area contributed by atoms with E-state index in [9.17, 15) is 0 Å². The molecule has 1 N–H and O–H groups in total. The maximum Gasteiger partial charge on any atom is 0.0717 e. The van der Waals surface area contributed by atoms with Crippen molar-refractivity contribution in [1.82, 2.24) is 4.68 Å². The van der Waals surface area contributed by atoms with E-state index < -0.39 is 0 Å². The Kier molecular flexibility index (Phi) is 4.02. The molecule has 0 radical (unpaired) electrons. The molecule has 0 bridgehead atoms. The summed E-state index contributed by atoms with van der Waals surface area (Å²) in [5, 5.41) is 0. The number of rotatable bonds is 6. The minimum absolute atomic E-state index is 0.675. The van der Waals surface area contributed by atoms with E-state index in [0.717, 1.165) is 6.54 Å². The lowest BCUT2D eigenvalue weighted by Gasteiger charge is -2.08. The first-order chi connectivity index (χ1) is 7.95. The van der Waals surface area contributed by atoms with E-state index in [2.05, 4.69) is 17.6 Å². The fourth-order valence-electron chi connectivity index (χ4n) is 1.45. The van der Waals surface area contributed by atoms with Crippen molar-refractivity contribution in [3.63, 3.8) is 0 Å². The minimum atomic E-state index is 0.675. The summed E-state index contributed by atoms with van der Waals surface area (Å²) in [6, 6.07) is 14.2. The van der Waals surface area contributed by atoms with Crippen LogP contribution >= 0.6 is 0 Å². The Morgan fingerprint density at radius 3 is 2.50 bits per heavy atom. The van der Waals surface area contributed by atoms with E-state index >= 15 is 0 Å². The number of ether oxygens (including phenoxy) is 1. The highest BCUT2D eigenvalue weighted by atomic mass is 16.5. The Balaban J connectivity index is 1.59. The van der Waals surface area contributed by atoms with Crippen molar-refractivity contribution in [2.45, 2.75) is 6.61 Å². The van der Waals surface area contributed by atoms with Crippen LogP contribution in [0.4, 0.5) is 0 Å². The summed E-state index contributed by atoms with van der Waals surface area (Å²) in [6.07, 6.45) is 3.94. The summed E-state index contributed by atoms with van der Waals surface area (Å²) in [7, 11) is 0. The molecule has 2 aromatic rings. The van der Waals surface area contributed by atoms with Crippen LogP contribution in [0.1, 0.15) is 5.56 Å². The fourth-order valence-corrected chi connectivity index (χ4v) is 1.45. The molecule has 0 aliphatic carbocycles. The number of benzene rings is 1. The molecule has 0 amide bonds. The second-order valence-electron chi connectivity index (χ2n) is 3.54. The van der Waals surface area contributed by atoms with Gasteiger partial charge in [-0.25, -0.2) is 0 Å².